The average molecular weight is 580 g/mol. The first-order valence-electron chi connectivity index (χ1n) is 14.1. The zero-order valence-electron chi connectivity index (χ0n) is 24.4. The van der Waals surface area contributed by atoms with Crippen LogP contribution in [0.25, 0.3) is 10.9 Å². The molecular weight excluding hydrogens is 538 g/mol. The molecule has 5 unspecified atom stereocenters. The molecule has 0 aliphatic carbocycles. The van der Waals surface area contributed by atoms with E-state index in [0.29, 0.717) is 12.0 Å². The van der Waals surface area contributed by atoms with Crippen molar-refractivity contribution in [2.75, 3.05) is 0 Å². The van der Waals surface area contributed by atoms with E-state index in [1.807, 2.05) is 38.1 Å². The van der Waals surface area contributed by atoms with Gasteiger partial charge in [0.25, 0.3) is 0 Å². The molecule has 0 fully saturated rings. The van der Waals surface area contributed by atoms with Crippen molar-refractivity contribution in [3.63, 3.8) is 0 Å². The molecule has 42 heavy (non-hydrogen) atoms. The Morgan fingerprint density at radius 2 is 1.50 bits per heavy atom. The first-order chi connectivity index (χ1) is 19.9. The van der Waals surface area contributed by atoms with Crippen molar-refractivity contribution in [3.05, 3.63) is 65.9 Å². The number of nitrogens with two attached hydrogens (primary N) is 1. The van der Waals surface area contributed by atoms with Crippen LogP contribution in [0.1, 0.15) is 45.2 Å². The fourth-order valence-corrected chi connectivity index (χ4v) is 4.63. The number of amides is 3. The number of phenols is 1. The van der Waals surface area contributed by atoms with Crippen LogP contribution in [-0.4, -0.2) is 63.1 Å². The molecule has 0 spiro atoms. The second-order valence-corrected chi connectivity index (χ2v) is 11.0. The van der Waals surface area contributed by atoms with Gasteiger partial charge in [-0.1, -0.05) is 64.4 Å². The van der Waals surface area contributed by atoms with Crippen molar-refractivity contribution in [3.8, 4) is 5.75 Å². The van der Waals surface area contributed by atoms with Crippen LogP contribution in [0.15, 0.2) is 54.7 Å². The maximum Gasteiger partial charge on any atom is 0.326 e. The number of carboxylic acids is 1. The molecule has 1 heterocycles. The Kier molecular flexibility index (Phi) is 11.1. The summed E-state index contributed by atoms with van der Waals surface area (Å²) in [4.78, 5) is 55.1. The van der Waals surface area contributed by atoms with E-state index in [-0.39, 0.29) is 30.4 Å². The fraction of sp³-hybridized carbons (Fsp3) is 0.419. The van der Waals surface area contributed by atoms with Gasteiger partial charge >= 0.3 is 5.97 Å². The van der Waals surface area contributed by atoms with E-state index in [4.69, 9.17) is 5.73 Å². The highest BCUT2D eigenvalue weighted by molar-refractivity contribution is 5.94. The average Bonchev–Trinajstić information content (AvgIpc) is 3.37. The first-order valence-corrected chi connectivity index (χ1v) is 14.1. The highest BCUT2D eigenvalue weighted by Gasteiger charge is 2.32. The summed E-state index contributed by atoms with van der Waals surface area (Å²) in [6.45, 7) is 7.29. The number of hydrogen-bond acceptors (Lipinski definition) is 6. The second-order valence-electron chi connectivity index (χ2n) is 11.0. The molecule has 3 amide bonds. The number of benzene rings is 2. The van der Waals surface area contributed by atoms with Gasteiger partial charge in [0.1, 0.15) is 23.9 Å². The number of hydrogen-bond donors (Lipinski definition) is 7. The largest absolute Gasteiger partial charge is 0.508 e. The summed E-state index contributed by atoms with van der Waals surface area (Å²) >= 11 is 0. The standard InChI is InChI=1S/C31H41N5O6/c1-5-18(4)26(32)29(39)36-27(17(2)3)30(40)34-24(14-19-10-12-21(37)13-11-19)28(38)35-25(31(41)42)15-20-16-33-23-9-7-6-8-22(20)23/h6-13,16-18,24-27,33,37H,5,14-15,32H2,1-4H3,(H,34,40)(H,35,38)(H,36,39)(H,41,42). The van der Waals surface area contributed by atoms with Gasteiger partial charge in [0, 0.05) is 29.9 Å². The molecule has 11 heteroatoms. The van der Waals surface area contributed by atoms with Crippen LogP contribution in [0.4, 0.5) is 0 Å². The summed E-state index contributed by atoms with van der Waals surface area (Å²) in [5, 5.41) is 28.5. The number of rotatable bonds is 14. The predicted octanol–water partition coefficient (Wildman–Crippen LogP) is 2.23. The molecule has 1 aromatic heterocycles. The number of aromatic amines is 1. The van der Waals surface area contributed by atoms with E-state index in [1.54, 1.807) is 32.2 Å². The van der Waals surface area contributed by atoms with Crippen LogP contribution in [0.2, 0.25) is 0 Å². The lowest BCUT2D eigenvalue weighted by molar-refractivity contribution is -0.142. The molecule has 3 aromatic rings. The Bertz CT molecular complexity index is 1390. The lowest BCUT2D eigenvalue weighted by atomic mass is 9.97. The van der Waals surface area contributed by atoms with Gasteiger partial charge in [-0.15, -0.1) is 0 Å². The fourth-order valence-electron chi connectivity index (χ4n) is 4.63. The van der Waals surface area contributed by atoms with Crippen molar-refractivity contribution in [2.45, 2.75) is 71.1 Å². The van der Waals surface area contributed by atoms with E-state index >= 15 is 0 Å². The molecule has 0 bridgehead atoms. The van der Waals surface area contributed by atoms with Gasteiger partial charge in [0.2, 0.25) is 17.7 Å². The molecule has 0 aliphatic heterocycles. The maximum absolute atomic E-state index is 13.6. The van der Waals surface area contributed by atoms with E-state index in [9.17, 15) is 29.4 Å². The molecule has 11 nitrogen and oxygen atoms in total. The van der Waals surface area contributed by atoms with Gasteiger partial charge in [0.05, 0.1) is 6.04 Å². The van der Waals surface area contributed by atoms with E-state index in [0.717, 1.165) is 16.5 Å². The number of carbonyl (C=O) groups excluding carboxylic acids is 3. The smallest absolute Gasteiger partial charge is 0.326 e. The number of carbonyl (C=O) groups is 4. The third kappa shape index (κ3) is 8.32. The number of phenolic OH excluding ortho intramolecular Hbond substituents is 1. The minimum absolute atomic E-state index is 0.0163. The topological polar surface area (TPSA) is 187 Å². The summed E-state index contributed by atoms with van der Waals surface area (Å²) in [5.41, 5.74) is 8.26. The number of nitrogens with one attached hydrogen (secondary N) is 4. The van der Waals surface area contributed by atoms with Crippen molar-refractivity contribution in [1.29, 1.82) is 0 Å². The quantitative estimate of drug-likeness (QED) is 0.152. The highest BCUT2D eigenvalue weighted by atomic mass is 16.4. The SMILES string of the molecule is CCC(C)C(N)C(=O)NC(C(=O)NC(Cc1ccc(O)cc1)C(=O)NC(Cc1c[nH]c2ccccc12)C(=O)O)C(C)C. The number of aliphatic carboxylic acids is 1. The Morgan fingerprint density at radius 1 is 0.857 bits per heavy atom. The minimum Gasteiger partial charge on any atom is -0.508 e. The Hall–Kier alpha value is -4.38. The molecule has 0 saturated carbocycles. The number of para-hydroxylation sites is 1. The predicted molar refractivity (Wildman–Crippen MR) is 160 cm³/mol. The molecule has 226 valence electrons. The lowest BCUT2D eigenvalue weighted by Gasteiger charge is -2.28. The van der Waals surface area contributed by atoms with Crippen LogP contribution >= 0.6 is 0 Å². The normalized spacial score (nSPS) is 14.9. The number of aromatic nitrogens is 1. The Morgan fingerprint density at radius 3 is 2.12 bits per heavy atom. The van der Waals surface area contributed by atoms with Gasteiger partial charge < -0.3 is 36.9 Å². The van der Waals surface area contributed by atoms with Crippen LogP contribution < -0.4 is 21.7 Å². The number of carboxylic acid groups (broad SMARTS) is 1. The van der Waals surface area contributed by atoms with Crippen LogP contribution in [-0.2, 0) is 32.0 Å². The molecule has 0 saturated heterocycles. The molecule has 0 aliphatic rings. The van der Waals surface area contributed by atoms with Crippen LogP contribution in [0.3, 0.4) is 0 Å². The number of aromatic hydroxyl groups is 1. The monoisotopic (exact) mass is 579 g/mol. The van der Waals surface area contributed by atoms with Gasteiger partial charge in [-0.2, -0.15) is 0 Å². The van der Waals surface area contributed by atoms with Crippen molar-refractivity contribution in [1.82, 2.24) is 20.9 Å². The zero-order valence-corrected chi connectivity index (χ0v) is 24.4. The highest BCUT2D eigenvalue weighted by Crippen LogP contribution is 2.19. The van der Waals surface area contributed by atoms with Gasteiger partial charge in [-0.05, 0) is 41.2 Å². The van der Waals surface area contributed by atoms with E-state index in [2.05, 4.69) is 20.9 Å². The third-order valence-electron chi connectivity index (χ3n) is 7.53. The second kappa shape index (κ2) is 14.5. The summed E-state index contributed by atoms with van der Waals surface area (Å²) in [6.07, 6.45) is 2.43. The third-order valence-corrected chi connectivity index (χ3v) is 7.53. The van der Waals surface area contributed by atoms with E-state index in [1.165, 1.54) is 12.1 Å². The van der Waals surface area contributed by atoms with Crippen molar-refractivity contribution in [2.24, 2.45) is 17.6 Å². The van der Waals surface area contributed by atoms with Crippen molar-refractivity contribution >= 4 is 34.6 Å². The Labute approximate surface area is 245 Å². The summed E-state index contributed by atoms with van der Waals surface area (Å²) in [6, 6.07) is 9.33. The molecular formula is C31H41N5O6. The first kappa shape index (κ1) is 32.1. The minimum atomic E-state index is -1.27. The van der Waals surface area contributed by atoms with Gasteiger partial charge in [-0.3, -0.25) is 14.4 Å². The summed E-state index contributed by atoms with van der Waals surface area (Å²) in [7, 11) is 0. The molecule has 2 aromatic carbocycles. The van der Waals surface area contributed by atoms with Crippen molar-refractivity contribution < 1.29 is 29.4 Å². The van der Waals surface area contributed by atoms with Crippen LogP contribution in [0, 0.1) is 11.8 Å². The lowest BCUT2D eigenvalue weighted by Crippen LogP contribution is -2.59. The molecule has 3 rings (SSSR count). The maximum atomic E-state index is 13.6. The molecule has 0 radical (unpaired) electrons. The van der Waals surface area contributed by atoms with Gasteiger partial charge in [0.15, 0.2) is 0 Å². The summed E-state index contributed by atoms with van der Waals surface area (Å²) in [5.74, 6) is -3.39. The summed E-state index contributed by atoms with van der Waals surface area (Å²) < 4.78 is 0. The number of H-pyrrole nitrogens is 1. The molecule has 8 N–H and O–H groups in total. The number of fused-ring (bicyclic) bond motifs is 1. The van der Waals surface area contributed by atoms with E-state index < -0.39 is 47.9 Å². The van der Waals surface area contributed by atoms with Crippen LogP contribution in [0.5, 0.6) is 5.75 Å². The van der Waals surface area contributed by atoms with Gasteiger partial charge in [-0.25, -0.2) is 4.79 Å². The zero-order chi connectivity index (χ0) is 31.0. The molecule has 5 atom stereocenters. The Balaban J connectivity index is 1.82.